The standard InChI is InChI=1S/C18H29NO3/c1-3-4-5-6-9-19-17(21)22-13-18(11-14(2)20)12-15-7-8-16(18)10-15/h7-8,15-16H,3-6,9-13H2,1-2H3,(H,19,21). The van der Waals surface area contributed by atoms with Gasteiger partial charge in [-0.2, -0.15) is 0 Å². The molecule has 1 saturated carbocycles. The zero-order valence-corrected chi connectivity index (χ0v) is 13.9. The third kappa shape index (κ3) is 4.34. The number of unbranched alkanes of at least 4 members (excludes halogenated alkanes) is 3. The van der Waals surface area contributed by atoms with Crippen molar-refractivity contribution >= 4 is 11.9 Å². The smallest absolute Gasteiger partial charge is 0.407 e. The lowest BCUT2D eigenvalue weighted by Gasteiger charge is -2.34. The third-order valence-corrected chi connectivity index (χ3v) is 5.02. The minimum Gasteiger partial charge on any atom is -0.449 e. The molecule has 2 aliphatic rings. The van der Waals surface area contributed by atoms with Crippen molar-refractivity contribution in [2.75, 3.05) is 13.2 Å². The Hall–Kier alpha value is -1.32. The number of ketones is 1. The number of Topliss-reactive ketones (excluding diaryl/α,β-unsaturated/α-hetero) is 1. The summed E-state index contributed by atoms with van der Waals surface area (Å²) in [6.45, 7) is 4.83. The van der Waals surface area contributed by atoms with Gasteiger partial charge in [0, 0.05) is 18.4 Å². The van der Waals surface area contributed by atoms with Crippen molar-refractivity contribution in [3.63, 3.8) is 0 Å². The molecule has 0 spiro atoms. The van der Waals surface area contributed by atoms with Gasteiger partial charge in [-0.1, -0.05) is 38.3 Å². The predicted molar refractivity (Wildman–Crippen MR) is 86.6 cm³/mol. The maximum absolute atomic E-state index is 11.8. The van der Waals surface area contributed by atoms with Crippen molar-refractivity contribution in [1.82, 2.24) is 5.32 Å². The van der Waals surface area contributed by atoms with E-state index in [0.717, 1.165) is 25.7 Å². The fraction of sp³-hybridized carbons (Fsp3) is 0.778. The summed E-state index contributed by atoms with van der Waals surface area (Å²) in [5.41, 5.74) is -0.162. The normalized spacial score (nSPS) is 28.8. The Morgan fingerprint density at radius 1 is 1.27 bits per heavy atom. The molecule has 3 atom stereocenters. The Balaban J connectivity index is 1.76. The van der Waals surface area contributed by atoms with Crippen molar-refractivity contribution < 1.29 is 14.3 Å². The molecular weight excluding hydrogens is 278 g/mol. The Bertz CT molecular complexity index is 432. The van der Waals surface area contributed by atoms with Crippen molar-refractivity contribution in [2.45, 2.75) is 58.8 Å². The Kier molecular flexibility index (Phi) is 6.04. The first-order valence-corrected chi connectivity index (χ1v) is 8.64. The second kappa shape index (κ2) is 7.80. The van der Waals surface area contributed by atoms with Gasteiger partial charge in [0.25, 0.3) is 0 Å². The van der Waals surface area contributed by atoms with Crippen LogP contribution in [-0.2, 0) is 9.53 Å². The van der Waals surface area contributed by atoms with Gasteiger partial charge in [0.15, 0.2) is 0 Å². The zero-order chi connectivity index (χ0) is 16.0. The molecule has 2 bridgehead atoms. The van der Waals surface area contributed by atoms with Crippen molar-refractivity contribution in [3.05, 3.63) is 12.2 Å². The number of amides is 1. The van der Waals surface area contributed by atoms with Gasteiger partial charge in [-0.25, -0.2) is 4.79 Å². The van der Waals surface area contributed by atoms with E-state index in [1.165, 1.54) is 12.8 Å². The minimum absolute atomic E-state index is 0.162. The number of ether oxygens (including phenoxy) is 1. The Morgan fingerprint density at radius 2 is 2.09 bits per heavy atom. The van der Waals surface area contributed by atoms with Gasteiger partial charge >= 0.3 is 6.09 Å². The molecule has 124 valence electrons. The molecule has 2 rings (SSSR count). The molecule has 0 heterocycles. The predicted octanol–water partition coefficient (Wildman–Crippen LogP) is 3.85. The second-order valence-electron chi connectivity index (χ2n) is 7.00. The van der Waals surface area contributed by atoms with Crippen LogP contribution in [0.2, 0.25) is 0 Å². The number of alkyl carbamates (subject to hydrolysis) is 1. The molecule has 4 heteroatoms. The summed E-state index contributed by atoms with van der Waals surface area (Å²) >= 11 is 0. The number of carbonyl (C=O) groups is 2. The number of hydrogen-bond acceptors (Lipinski definition) is 3. The van der Waals surface area contributed by atoms with Crippen molar-refractivity contribution in [2.24, 2.45) is 17.3 Å². The highest BCUT2D eigenvalue weighted by atomic mass is 16.5. The van der Waals surface area contributed by atoms with Crippen LogP contribution in [0, 0.1) is 17.3 Å². The van der Waals surface area contributed by atoms with E-state index in [0.29, 0.717) is 31.4 Å². The maximum atomic E-state index is 11.8. The lowest BCUT2D eigenvalue weighted by molar-refractivity contribution is -0.120. The summed E-state index contributed by atoms with van der Waals surface area (Å²) in [6.07, 6.45) is 11.2. The molecule has 0 aliphatic heterocycles. The van der Waals surface area contributed by atoms with Crippen LogP contribution in [0.1, 0.15) is 58.8 Å². The first-order valence-electron chi connectivity index (χ1n) is 8.64. The fourth-order valence-electron chi connectivity index (χ4n) is 3.97. The number of allylic oxidation sites excluding steroid dienone is 2. The molecule has 1 amide bonds. The minimum atomic E-state index is -0.342. The topological polar surface area (TPSA) is 55.4 Å². The highest BCUT2D eigenvalue weighted by Gasteiger charge is 2.49. The highest BCUT2D eigenvalue weighted by Crippen LogP contribution is 2.54. The van der Waals surface area contributed by atoms with E-state index in [9.17, 15) is 9.59 Å². The molecule has 0 saturated heterocycles. The molecule has 0 aromatic heterocycles. The molecule has 0 aromatic carbocycles. The van der Waals surface area contributed by atoms with E-state index in [-0.39, 0.29) is 17.3 Å². The van der Waals surface area contributed by atoms with Crippen LogP contribution in [0.25, 0.3) is 0 Å². The lowest BCUT2D eigenvalue weighted by Crippen LogP contribution is -2.37. The van der Waals surface area contributed by atoms with Crippen LogP contribution in [-0.4, -0.2) is 25.0 Å². The van der Waals surface area contributed by atoms with Gasteiger partial charge in [-0.15, -0.1) is 0 Å². The fourth-order valence-corrected chi connectivity index (χ4v) is 3.97. The van der Waals surface area contributed by atoms with Gasteiger partial charge in [0.05, 0.1) is 6.61 Å². The average Bonchev–Trinajstić information content (AvgIpc) is 3.05. The summed E-state index contributed by atoms with van der Waals surface area (Å²) in [6, 6.07) is 0. The van der Waals surface area contributed by atoms with E-state index in [1.54, 1.807) is 6.92 Å². The number of rotatable bonds is 9. The van der Waals surface area contributed by atoms with E-state index in [1.807, 2.05) is 0 Å². The highest BCUT2D eigenvalue weighted by molar-refractivity contribution is 5.76. The molecule has 2 aliphatic carbocycles. The summed E-state index contributed by atoms with van der Waals surface area (Å²) in [5.74, 6) is 1.13. The number of carbonyl (C=O) groups excluding carboxylic acids is 2. The van der Waals surface area contributed by atoms with Gasteiger partial charge in [0.1, 0.15) is 5.78 Å². The third-order valence-electron chi connectivity index (χ3n) is 5.02. The van der Waals surface area contributed by atoms with Crippen LogP contribution < -0.4 is 5.32 Å². The van der Waals surface area contributed by atoms with Crippen LogP contribution in [0.3, 0.4) is 0 Å². The molecule has 1 fully saturated rings. The summed E-state index contributed by atoms with van der Waals surface area (Å²) in [5, 5.41) is 2.82. The van der Waals surface area contributed by atoms with Crippen molar-refractivity contribution in [1.29, 1.82) is 0 Å². The lowest BCUT2D eigenvalue weighted by atomic mass is 9.73. The van der Waals surface area contributed by atoms with E-state index < -0.39 is 0 Å². The van der Waals surface area contributed by atoms with Gasteiger partial charge in [-0.3, -0.25) is 0 Å². The second-order valence-corrected chi connectivity index (χ2v) is 7.00. The maximum Gasteiger partial charge on any atom is 0.407 e. The first-order chi connectivity index (χ1) is 10.6. The molecule has 1 N–H and O–H groups in total. The molecular formula is C18H29NO3. The van der Waals surface area contributed by atoms with Crippen LogP contribution in [0.5, 0.6) is 0 Å². The largest absolute Gasteiger partial charge is 0.449 e. The summed E-state index contributed by atoms with van der Waals surface area (Å²) in [4.78, 5) is 23.4. The number of hydrogen-bond donors (Lipinski definition) is 1. The van der Waals surface area contributed by atoms with Gasteiger partial charge in [0.2, 0.25) is 0 Å². The first kappa shape index (κ1) is 17.0. The summed E-state index contributed by atoms with van der Waals surface area (Å²) < 4.78 is 5.45. The monoisotopic (exact) mass is 307 g/mol. The summed E-state index contributed by atoms with van der Waals surface area (Å²) in [7, 11) is 0. The van der Waals surface area contributed by atoms with Crippen molar-refractivity contribution in [3.8, 4) is 0 Å². The molecule has 0 radical (unpaired) electrons. The molecule has 0 aromatic rings. The zero-order valence-electron chi connectivity index (χ0n) is 13.9. The van der Waals surface area contributed by atoms with Crippen LogP contribution >= 0.6 is 0 Å². The van der Waals surface area contributed by atoms with Crippen LogP contribution in [0.4, 0.5) is 4.79 Å². The Labute approximate surface area is 133 Å². The molecule has 3 unspecified atom stereocenters. The average molecular weight is 307 g/mol. The van der Waals surface area contributed by atoms with E-state index in [2.05, 4.69) is 24.4 Å². The van der Waals surface area contributed by atoms with Gasteiger partial charge in [-0.05, 0) is 38.0 Å². The van der Waals surface area contributed by atoms with E-state index in [4.69, 9.17) is 4.74 Å². The van der Waals surface area contributed by atoms with Crippen LogP contribution in [0.15, 0.2) is 12.2 Å². The molecule has 4 nitrogen and oxygen atoms in total. The quantitative estimate of drug-likeness (QED) is 0.520. The number of nitrogens with one attached hydrogen (secondary N) is 1. The SMILES string of the molecule is CCCCCCNC(=O)OCC1(CC(C)=O)CC2C=CC1C2. The van der Waals surface area contributed by atoms with E-state index >= 15 is 0 Å². The number of fused-ring (bicyclic) bond motifs is 2. The Morgan fingerprint density at radius 3 is 2.68 bits per heavy atom. The molecule has 22 heavy (non-hydrogen) atoms. The van der Waals surface area contributed by atoms with Gasteiger partial charge < -0.3 is 14.8 Å².